The van der Waals surface area contributed by atoms with Crippen molar-refractivity contribution < 1.29 is 9.64 Å². The van der Waals surface area contributed by atoms with Gasteiger partial charge in [-0.25, -0.2) is 14.5 Å². The third-order valence-corrected chi connectivity index (χ3v) is 5.48. The number of aromatic nitrogens is 5. The van der Waals surface area contributed by atoms with Gasteiger partial charge in [0.15, 0.2) is 11.5 Å². The molecule has 3 aromatic heterocycles. The standard InChI is InChI=1S/C21H25ClN6O/c1-14-15(2)27(11-5-10-26(3)4)20-19(14)21-24-18(25-28(21)13-23-20)12-29-17-8-6-16(22)7-9-17/h6-9,13H,5,10-12H2,1-4H3/p+1. The number of nitrogens with one attached hydrogen (secondary N) is 1. The van der Waals surface area contributed by atoms with Crippen molar-refractivity contribution in [1.82, 2.24) is 24.1 Å². The predicted octanol–water partition coefficient (Wildman–Crippen LogP) is 2.46. The second-order valence-electron chi connectivity index (χ2n) is 7.65. The molecule has 0 bridgehead atoms. The first kappa shape index (κ1) is 19.7. The second-order valence-corrected chi connectivity index (χ2v) is 8.09. The molecule has 0 aliphatic carbocycles. The van der Waals surface area contributed by atoms with Crippen LogP contribution in [0.25, 0.3) is 16.7 Å². The average molecular weight is 414 g/mol. The van der Waals surface area contributed by atoms with Gasteiger partial charge >= 0.3 is 0 Å². The van der Waals surface area contributed by atoms with Crippen LogP contribution >= 0.6 is 11.6 Å². The van der Waals surface area contributed by atoms with Crippen molar-refractivity contribution in [2.45, 2.75) is 33.4 Å². The van der Waals surface area contributed by atoms with Gasteiger partial charge in [-0.3, -0.25) is 0 Å². The summed E-state index contributed by atoms with van der Waals surface area (Å²) in [6, 6.07) is 7.27. The molecule has 0 atom stereocenters. The second kappa shape index (κ2) is 8.00. The highest BCUT2D eigenvalue weighted by Crippen LogP contribution is 2.27. The maximum Gasteiger partial charge on any atom is 0.189 e. The quantitative estimate of drug-likeness (QED) is 0.505. The lowest BCUT2D eigenvalue weighted by Crippen LogP contribution is -3.05. The van der Waals surface area contributed by atoms with Crippen LogP contribution in [-0.4, -0.2) is 44.8 Å². The Morgan fingerprint density at radius 2 is 1.86 bits per heavy atom. The number of fused-ring (bicyclic) bond motifs is 3. The minimum Gasteiger partial charge on any atom is -0.486 e. The molecule has 3 heterocycles. The molecule has 1 aromatic carbocycles. The Morgan fingerprint density at radius 1 is 1.10 bits per heavy atom. The van der Waals surface area contributed by atoms with Gasteiger partial charge in [-0.05, 0) is 43.7 Å². The molecule has 152 valence electrons. The fourth-order valence-electron chi connectivity index (χ4n) is 3.58. The summed E-state index contributed by atoms with van der Waals surface area (Å²) in [6.45, 7) is 6.64. The number of rotatable bonds is 7. The van der Waals surface area contributed by atoms with E-state index in [2.05, 4.69) is 37.6 Å². The number of nitrogens with zero attached hydrogens (tertiary/aromatic N) is 5. The summed E-state index contributed by atoms with van der Waals surface area (Å²) in [7, 11) is 4.36. The van der Waals surface area contributed by atoms with Crippen LogP contribution in [0.5, 0.6) is 5.75 Å². The smallest absolute Gasteiger partial charge is 0.189 e. The van der Waals surface area contributed by atoms with Crippen molar-refractivity contribution in [3.8, 4) is 5.75 Å². The van der Waals surface area contributed by atoms with E-state index in [4.69, 9.17) is 26.3 Å². The lowest BCUT2D eigenvalue weighted by atomic mass is 10.2. The molecule has 0 amide bonds. The Labute approximate surface area is 174 Å². The predicted molar refractivity (Wildman–Crippen MR) is 114 cm³/mol. The molecule has 0 fully saturated rings. The van der Waals surface area contributed by atoms with Crippen molar-refractivity contribution in [2.75, 3.05) is 20.6 Å². The van der Waals surface area contributed by atoms with Crippen LogP contribution in [0.3, 0.4) is 0 Å². The summed E-state index contributed by atoms with van der Waals surface area (Å²) in [6.07, 6.45) is 2.84. The molecule has 0 radical (unpaired) electrons. The fourth-order valence-corrected chi connectivity index (χ4v) is 3.70. The van der Waals surface area contributed by atoms with Crippen LogP contribution in [0.15, 0.2) is 30.6 Å². The Balaban J connectivity index is 1.64. The number of hydrogen-bond donors (Lipinski definition) is 1. The van der Waals surface area contributed by atoms with E-state index in [1.54, 1.807) is 23.0 Å². The molecule has 0 saturated heterocycles. The summed E-state index contributed by atoms with van der Waals surface area (Å²) in [5.41, 5.74) is 4.23. The molecule has 1 N–H and O–H groups in total. The highest BCUT2D eigenvalue weighted by Gasteiger charge is 2.18. The molecule has 0 saturated carbocycles. The van der Waals surface area contributed by atoms with Crippen molar-refractivity contribution in [3.05, 3.63) is 52.7 Å². The summed E-state index contributed by atoms with van der Waals surface area (Å²) in [5.74, 6) is 1.35. The van der Waals surface area contributed by atoms with Crippen LogP contribution in [0.2, 0.25) is 5.02 Å². The van der Waals surface area contributed by atoms with Crippen LogP contribution < -0.4 is 9.64 Å². The lowest BCUT2D eigenvalue weighted by Gasteiger charge is -2.10. The molecular weight excluding hydrogens is 388 g/mol. The van der Waals surface area contributed by atoms with Crippen molar-refractivity contribution in [3.63, 3.8) is 0 Å². The third kappa shape index (κ3) is 3.93. The maximum absolute atomic E-state index is 5.92. The van der Waals surface area contributed by atoms with Crippen LogP contribution in [0.1, 0.15) is 23.5 Å². The largest absolute Gasteiger partial charge is 0.486 e. The first-order valence-electron chi connectivity index (χ1n) is 9.81. The summed E-state index contributed by atoms with van der Waals surface area (Å²) in [4.78, 5) is 10.9. The van der Waals surface area contributed by atoms with Crippen molar-refractivity contribution >= 4 is 28.3 Å². The van der Waals surface area contributed by atoms with Gasteiger partial charge in [0.05, 0.1) is 26.0 Å². The van der Waals surface area contributed by atoms with E-state index in [0.717, 1.165) is 41.9 Å². The minimum absolute atomic E-state index is 0.287. The van der Waals surface area contributed by atoms with Crippen molar-refractivity contribution in [2.24, 2.45) is 0 Å². The average Bonchev–Trinajstić information content (AvgIpc) is 3.21. The Bertz CT molecular complexity index is 1150. The molecule has 0 aliphatic rings. The topological polar surface area (TPSA) is 61.7 Å². The zero-order valence-corrected chi connectivity index (χ0v) is 18.0. The number of ether oxygens (including phenoxy) is 1. The summed E-state index contributed by atoms with van der Waals surface area (Å²) < 4.78 is 9.84. The Morgan fingerprint density at radius 3 is 2.59 bits per heavy atom. The molecule has 4 rings (SSSR count). The molecule has 0 spiro atoms. The molecule has 4 aromatic rings. The normalized spacial score (nSPS) is 11.8. The van der Waals surface area contributed by atoms with Gasteiger partial charge in [0.2, 0.25) is 0 Å². The van der Waals surface area contributed by atoms with E-state index in [1.807, 2.05) is 12.1 Å². The van der Waals surface area contributed by atoms with Gasteiger partial charge in [-0.15, -0.1) is 5.10 Å². The van der Waals surface area contributed by atoms with Gasteiger partial charge in [-0.2, -0.15) is 0 Å². The molecule has 8 heteroatoms. The zero-order valence-electron chi connectivity index (χ0n) is 17.2. The number of benzene rings is 1. The monoisotopic (exact) mass is 413 g/mol. The van der Waals surface area contributed by atoms with E-state index >= 15 is 0 Å². The third-order valence-electron chi connectivity index (χ3n) is 5.23. The van der Waals surface area contributed by atoms with Gasteiger partial charge in [0, 0.05) is 23.7 Å². The SMILES string of the molecule is Cc1c(C)n(CCC[NH+](C)C)c2ncn3nc(COc4ccc(Cl)cc4)nc3c12. The number of quaternary nitrogens is 1. The minimum atomic E-state index is 0.287. The number of halogens is 1. The van der Waals surface area contributed by atoms with Crippen LogP contribution in [0.4, 0.5) is 0 Å². The van der Waals surface area contributed by atoms with E-state index in [9.17, 15) is 0 Å². The molecule has 0 unspecified atom stereocenters. The highest BCUT2D eigenvalue weighted by atomic mass is 35.5. The molecule has 29 heavy (non-hydrogen) atoms. The van der Waals surface area contributed by atoms with Gasteiger partial charge in [-0.1, -0.05) is 11.6 Å². The zero-order chi connectivity index (χ0) is 20.5. The van der Waals surface area contributed by atoms with Crippen LogP contribution in [-0.2, 0) is 13.2 Å². The van der Waals surface area contributed by atoms with E-state index in [0.29, 0.717) is 10.8 Å². The van der Waals surface area contributed by atoms with Gasteiger partial charge in [0.1, 0.15) is 24.3 Å². The lowest BCUT2D eigenvalue weighted by molar-refractivity contribution is -0.858. The van der Waals surface area contributed by atoms with E-state index in [1.165, 1.54) is 16.2 Å². The molecular formula is C21H26ClN6O+. The van der Waals surface area contributed by atoms with Crippen LogP contribution in [0, 0.1) is 13.8 Å². The number of aryl methyl sites for hydroxylation is 2. The van der Waals surface area contributed by atoms with Gasteiger partial charge in [0.25, 0.3) is 0 Å². The van der Waals surface area contributed by atoms with Gasteiger partial charge < -0.3 is 14.2 Å². The molecule has 0 aliphatic heterocycles. The number of hydrogen-bond acceptors (Lipinski definition) is 4. The fraction of sp³-hybridized carbons (Fsp3) is 0.381. The highest BCUT2D eigenvalue weighted by molar-refractivity contribution is 6.30. The van der Waals surface area contributed by atoms with E-state index in [-0.39, 0.29) is 6.61 Å². The molecule has 7 nitrogen and oxygen atoms in total. The maximum atomic E-state index is 5.92. The van der Waals surface area contributed by atoms with E-state index < -0.39 is 0 Å². The Hall–Kier alpha value is -2.64. The Kier molecular flexibility index (Phi) is 5.43. The van der Waals surface area contributed by atoms with Crippen molar-refractivity contribution in [1.29, 1.82) is 0 Å². The first-order valence-corrected chi connectivity index (χ1v) is 10.2. The first-order chi connectivity index (χ1) is 13.9. The summed E-state index contributed by atoms with van der Waals surface area (Å²) in [5, 5.41) is 6.28. The summed E-state index contributed by atoms with van der Waals surface area (Å²) >= 11 is 5.92.